The Kier molecular flexibility index (Phi) is 4.35. The van der Waals surface area contributed by atoms with Crippen molar-refractivity contribution in [3.8, 4) is 0 Å². The zero-order valence-corrected chi connectivity index (χ0v) is 9.42. The second-order valence-electron chi connectivity index (χ2n) is 3.66. The number of halogens is 3. The molecule has 0 aliphatic rings. The van der Waals surface area contributed by atoms with Crippen molar-refractivity contribution >= 4 is 17.4 Å². The number of pyridine rings is 1. The van der Waals surface area contributed by atoms with E-state index in [9.17, 15) is 18.0 Å². The number of amides is 1. The van der Waals surface area contributed by atoms with Crippen molar-refractivity contribution in [2.24, 2.45) is 5.73 Å². The first-order valence-electron chi connectivity index (χ1n) is 5.15. The summed E-state index contributed by atoms with van der Waals surface area (Å²) in [5, 5.41) is 2.68. The van der Waals surface area contributed by atoms with Crippen LogP contribution >= 0.6 is 0 Å². The summed E-state index contributed by atoms with van der Waals surface area (Å²) < 4.78 is 35.7. The Bertz CT molecular complexity index is 434. The molecule has 0 spiro atoms. The van der Waals surface area contributed by atoms with E-state index in [1.54, 1.807) is 0 Å². The molecule has 1 amide bonds. The van der Waals surface area contributed by atoms with Crippen LogP contribution in [0.3, 0.4) is 0 Å². The lowest BCUT2D eigenvalue weighted by Crippen LogP contribution is -2.17. The van der Waals surface area contributed by atoms with E-state index in [0.29, 0.717) is 0 Å². The Balaban J connectivity index is 2.59. The predicted octanol–water partition coefficient (Wildman–Crippen LogP) is 1.52. The van der Waals surface area contributed by atoms with Gasteiger partial charge in [0.15, 0.2) is 0 Å². The zero-order valence-electron chi connectivity index (χ0n) is 9.42. The van der Waals surface area contributed by atoms with Crippen LogP contribution in [0.4, 0.5) is 24.7 Å². The highest BCUT2D eigenvalue weighted by atomic mass is 19.4. The molecule has 0 fully saturated rings. The number of anilines is 2. The zero-order chi connectivity index (χ0) is 13.8. The number of hydrogen-bond acceptors (Lipinski definition) is 4. The van der Waals surface area contributed by atoms with Crippen LogP contribution in [0, 0.1) is 0 Å². The molecule has 0 bridgehead atoms. The molecule has 5 N–H and O–H groups in total. The van der Waals surface area contributed by atoms with Crippen LogP contribution in [0.5, 0.6) is 0 Å². The maximum Gasteiger partial charge on any atom is 0.389 e. The van der Waals surface area contributed by atoms with Crippen LogP contribution in [0.2, 0.25) is 0 Å². The van der Waals surface area contributed by atoms with E-state index in [4.69, 9.17) is 11.5 Å². The lowest BCUT2D eigenvalue weighted by atomic mass is 10.2. The SMILES string of the molecule is NC(=O)c1cc(N)ncc1NCCCC(F)(F)F. The quantitative estimate of drug-likeness (QED) is 0.701. The number of primary amides is 1. The van der Waals surface area contributed by atoms with Gasteiger partial charge in [-0.15, -0.1) is 0 Å². The summed E-state index contributed by atoms with van der Waals surface area (Å²) in [4.78, 5) is 14.8. The first-order valence-corrected chi connectivity index (χ1v) is 5.15. The van der Waals surface area contributed by atoms with Crippen molar-refractivity contribution in [3.63, 3.8) is 0 Å². The standard InChI is InChI=1S/C10H13F3N4O/c11-10(12,13)2-1-3-16-7-5-17-8(14)4-6(7)9(15)18/h4-5,16H,1-3H2,(H2,14,17)(H2,15,18). The molecule has 8 heteroatoms. The summed E-state index contributed by atoms with van der Waals surface area (Å²) in [5.74, 6) is -0.605. The van der Waals surface area contributed by atoms with Gasteiger partial charge in [-0.1, -0.05) is 0 Å². The van der Waals surface area contributed by atoms with E-state index in [1.165, 1.54) is 12.3 Å². The molecule has 1 rings (SSSR count). The second-order valence-corrected chi connectivity index (χ2v) is 3.66. The van der Waals surface area contributed by atoms with Gasteiger partial charge in [0.2, 0.25) is 0 Å². The fraction of sp³-hybridized carbons (Fsp3) is 0.400. The summed E-state index contributed by atoms with van der Waals surface area (Å²) >= 11 is 0. The molecule has 0 saturated heterocycles. The molecule has 0 aliphatic heterocycles. The first kappa shape index (κ1) is 14.1. The lowest BCUT2D eigenvalue weighted by molar-refractivity contribution is -0.134. The maximum atomic E-state index is 11.9. The number of hydrogen-bond donors (Lipinski definition) is 3. The third-order valence-electron chi connectivity index (χ3n) is 2.14. The number of rotatable bonds is 5. The molecular weight excluding hydrogens is 249 g/mol. The monoisotopic (exact) mass is 262 g/mol. The van der Waals surface area contributed by atoms with Gasteiger partial charge in [-0.25, -0.2) is 4.98 Å². The minimum absolute atomic E-state index is 0.0609. The highest BCUT2D eigenvalue weighted by Crippen LogP contribution is 2.22. The van der Waals surface area contributed by atoms with E-state index >= 15 is 0 Å². The highest BCUT2D eigenvalue weighted by Gasteiger charge is 2.25. The average molecular weight is 262 g/mol. The number of carbonyl (C=O) groups excluding carboxylic acids is 1. The van der Waals surface area contributed by atoms with E-state index in [0.717, 1.165) is 0 Å². The molecule has 1 aromatic heterocycles. The average Bonchev–Trinajstić information content (AvgIpc) is 2.24. The number of nitrogens with one attached hydrogen (secondary N) is 1. The first-order chi connectivity index (χ1) is 8.29. The molecular formula is C10H13F3N4O. The van der Waals surface area contributed by atoms with Crippen molar-refractivity contribution in [2.75, 3.05) is 17.6 Å². The molecule has 0 radical (unpaired) electrons. The van der Waals surface area contributed by atoms with E-state index in [-0.39, 0.29) is 30.0 Å². The molecule has 1 aromatic rings. The predicted molar refractivity (Wildman–Crippen MR) is 60.9 cm³/mol. The highest BCUT2D eigenvalue weighted by molar-refractivity contribution is 5.98. The van der Waals surface area contributed by atoms with Crippen LogP contribution in [0.15, 0.2) is 12.3 Å². The van der Waals surface area contributed by atoms with Crippen molar-refractivity contribution in [1.29, 1.82) is 0 Å². The van der Waals surface area contributed by atoms with Gasteiger partial charge in [-0.3, -0.25) is 4.79 Å². The van der Waals surface area contributed by atoms with Crippen molar-refractivity contribution < 1.29 is 18.0 Å². The summed E-state index contributed by atoms with van der Waals surface area (Å²) in [5.41, 5.74) is 10.9. The van der Waals surface area contributed by atoms with Crippen molar-refractivity contribution in [3.05, 3.63) is 17.8 Å². The molecule has 0 aromatic carbocycles. The smallest absolute Gasteiger partial charge is 0.384 e. The van der Waals surface area contributed by atoms with Gasteiger partial charge in [0.25, 0.3) is 5.91 Å². The molecule has 0 atom stereocenters. The van der Waals surface area contributed by atoms with Gasteiger partial charge in [0.05, 0.1) is 17.4 Å². The Morgan fingerprint density at radius 2 is 2.11 bits per heavy atom. The third kappa shape index (κ3) is 4.48. The summed E-state index contributed by atoms with van der Waals surface area (Å²) in [7, 11) is 0. The van der Waals surface area contributed by atoms with Gasteiger partial charge >= 0.3 is 6.18 Å². The molecule has 5 nitrogen and oxygen atoms in total. The summed E-state index contributed by atoms with van der Waals surface area (Å²) in [6, 6.07) is 1.27. The van der Waals surface area contributed by atoms with Gasteiger partial charge < -0.3 is 16.8 Å². The van der Waals surface area contributed by atoms with Crippen molar-refractivity contribution in [2.45, 2.75) is 19.0 Å². The van der Waals surface area contributed by atoms with Gasteiger partial charge in [0.1, 0.15) is 5.82 Å². The fourth-order valence-corrected chi connectivity index (χ4v) is 1.33. The van der Waals surface area contributed by atoms with Crippen LogP contribution in [0.25, 0.3) is 0 Å². The van der Waals surface area contributed by atoms with Gasteiger partial charge in [-0.2, -0.15) is 13.2 Å². The molecule has 100 valence electrons. The van der Waals surface area contributed by atoms with Crippen LogP contribution < -0.4 is 16.8 Å². The maximum absolute atomic E-state index is 11.9. The van der Waals surface area contributed by atoms with Crippen LogP contribution in [-0.2, 0) is 0 Å². The second kappa shape index (κ2) is 5.56. The van der Waals surface area contributed by atoms with E-state index < -0.39 is 18.5 Å². The lowest BCUT2D eigenvalue weighted by Gasteiger charge is -2.11. The number of alkyl halides is 3. The van der Waals surface area contributed by atoms with E-state index in [2.05, 4.69) is 10.3 Å². The third-order valence-corrected chi connectivity index (χ3v) is 2.14. The molecule has 1 heterocycles. The van der Waals surface area contributed by atoms with Gasteiger partial charge in [-0.05, 0) is 12.5 Å². The Hall–Kier alpha value is -1.99. The summed E-state index contributed by atoms with van der Waals surface area (Å²) in [6.07, 6.45) is -3.92. The Morgan fingerprint density at radius 3 is 2.67 bits per heavy atom. The molecule has 0 saturated carbocycles. The topological polar surface area (TPSA) is 94.0 Å². The number of nitrogen functional groups attached to an aromatic ring is 1. The molecule has 0 unspecified atom stereocenters. The molecule has 18 heavy (non-hydrogen) atoms. The number of carbonyl (C=O) groups is 1. The number of nitrogens with two attached hydrogens (primary N) is 2. The summed E-state index contributed by atoms with van der Waals surface area (Å²) in [6.45, 7) is 0.0609. The normalized spacial score (nSPS) is 11.3. The Morgan fingerprint density at radius 1 is 1.44 bits per heavy atom. The van der Waals surface area contributed by atoms with E-state index in [1.807, 2.05) is 0 Å². The van der Waals surface area contributed by atoms with Gasteiger partial charge in [0, 0.05) is 13.0 Å². The minimum atomic E-state index is -4.19. The largest absolute Gasteiger partial charge is 0.389 e. The van der Waals surface area contributed by atoms with Crippen molar-refractivity contribution in [1.82, 2.24) is 4.98 Å². The van der Waals surface area contributed by atoms with Crippen LogP contribution in [0.1, 0.15) is 23.2 Å². The Labute approximate surface area is 101 Å². The number of nitrogens with zero attached hydrogens (tertiary/aromatic N) is 1. The van der Waals surface area contributed by atoms with Crippen LogP contribution in [-0.4, -0.2) is 23.6 Å². The minimum Gasteiger partial charge on any atom is -0.384 e. The molecule has 0 aliphatic carbocycles. The number of aromatic nitrogens is 1. The fourth-order valence-electron chi connectivity index (χ4n) is 1.33.